The van der Waals surface area contributed by atoms with E-state index in [1.807, 2.05) is 98.4 Å². The molecule has 0 amide bonds. The van der Waals surface area contributed by atoms with E-state index in [0.29, 0.717) is 6.17 Å². The van der Waals surface area contributed by atoms with Crippen LogP contribution >= 0.6 is 0 Å². The molecule has 12 rings (SSSR count). The Labute approximate surface area is 396 Å². The molecule has 9 aromatic rings. The molecule has 6 aromatic carbocycles. The van der Waals surface area contributed by atoms with Gasteiger partial charge in [-0.15, -0.1) is 0 Å². The molecule has 9 heteroatoms. The van der Waals surface area contributed by atoms with Crippen LogP contribution in [0.5, 0.6) is 0 Å². The van der Waals surface area contributed by atoms with E-state index in [4.69, 9.17) is 16.0 Å². The molecule has 0 radical (unpaired) electrons. The second-order valence-corrected chi connectivity index (χ2v) is 18.5. The summed E-state index contributed by atoms with van der Waals surface area (Å²) in [5.41, 5.74) is 12.5. The Kier molecular flexibility index (Phi) is 10.6. The fraction of sp³-hybridized carbons (Fsp3) is 0.276. The standard InChI is InChI=1S/2C20H22N2O.C18H18N2O/c2*1-13(2)21-11-12-22(15(21)4)19-14(3)9-10-17-16-7-5-6-8-18(16)23-20(17)19;1-12-8-9-15-14-6-4-5-7-16(14)21-18(15)17(12)20-11-10-19(3)13(20)2/h2*5-13,15H,1-4H3;4-11,13H,1-3H3/i2*13D;. The van der Waals surface area contributed by atoms with E-state index in [1.54, 1.807) is 0 Å². The van der Waals surface area contributed by atoms with Gasteiger partial charge in [0.2, 0.25) is 0 Å². The molecule has 6 heterocycles. The van der Waals surface area contributed by atoms with Gasteiger partial charge in [0.1, 0.15) is 35.2 Å². The van der Waals surface area contributed by atoms with Gasteiger partial charge in [-0.05, 0) is 104 Å². The van der Waals surface area contributed by atoms with Crippen molar-refractivity contribution in [1.82, 2.24) is 14.7 Å². The van der Waals surface area contributed by atoms with Crippen LogP contribution in [0.1, 0.15) is 67.9 Å². The number of furan rings is 3. The van der Waals surface area contributed by atoms with E-state index in [2.05, 4.69) is 154 Å². The SMILES string of the molecule is Cc1ccc2c(oc3ccccc32)c1N1C=CN(C)C1C.[2H]C(C)(C)N1C=CN(c2c(C)ccc3c2oc2ccccc23)C1C.[2H]C(C)(C)N1C=CN(c2c(C)ccc3c2oc2ccccc23)C1C. The monoisotopic (exact) mass is 893 g/mol. The third kappa shape index (κ3) is 7.41. The Hall–Kier alpha value is -7.26. The number of para-hydroxylation sites is 3. The Bertz CT molecular complexity index is 3340. The number of fused-ring (bicyclic) bond motifs is 9. The fourth-order valence-electron chi connectivity index (χ4n) is 10.1. The van der Waals surface area contributed by atoms with Crippen LogP contribution < -0.4 is 14.7 Å². The smallest absolute Gasteiger partial charge is 0.159 e. The normalized spacial score (nSPS) is 18.9. The molecule has 9 nitrogen and oxygen atoms in total. The van der Waals surface area contributed by atoms with Crippen molar-refractivity contribution in [2.24, 2.45) is 0 Å². The molecular formula is C58H62N6O3. The van der Waals surface area contributed by atoms with Crippen molar-refractivity contribution in [3.8, 4) is 0 Å². The molecule has 0 N–H and O–H groups in total. The molecule has 67 heavy (non-hydrogen) atoms. The molecule has 0 saturated carbocycles. The first-order valence-corrected chi connectivity index (χ1v) is 23.3. The van der Waals surface area contributed by atoms with Crippen LogP contribution in [0.4, 0.5) is 17.1 Å². The van der Waals surface area contributed by atoms with Crippen LogP contribution in [-0.2, 0) is 0 Å². The molecular weight excluding hydrogens is 829 g/mol. The first-order valence-electron chi connectivity index (χ1n) is 24.3. The van der Waals surface area contributed by atoms with Gasteiger partial charge in [-0.3, -0.25) is 0 Å². The van der Waals surface area contributed by atoms with Crippen LogP contribution in [0.3, 0.4) is 0 Å². The van der Waals surface area contributed by atoms with E-state index in [-0.39, 0.29) is 12.3 Å². The van der Waals surface area contributed by atoms with Gasteiger partial charge in [0.05, 0.1) is 19.8 Å². The van der Waals surface area contributed by atoms with Crippen LogP contribution in [0.15, 0.2) is 160 Å². The van der Waals surface area contributed by atoms with Crippen LogP contribution in [-0.4, -0.2) is 52.3 Å². The predicted molar refractivity (Wildman–Crippen MR) is 280 cm³/mol. The van der Waals surface area contributed by atoms with Crippen molar-refractivity contribution < 1.29 is 16.0 Å². The lowest BCUT2D eigenvalue weighted by molar-refractivity contribution is 0.263. The molecule has 0 aliphatic carbocycles. The lowest BCUT2D eigenvalue weighted by atomic mass is 10.1. The Morgan fingerprint density at radius 3 is 1.01 bits per heavy atom. The van der Waals surface area contributed by atoms with Crippen molar-refractivity contribution in [3.05, 3.63) is 163 Å². The number of aryl methyl sites for hydroxylation is 3. The Balaban J connectivity index is 0.000000121. The highest BCUT2D eigenvalue weighted by Gasteiger charge is 2.31. The van der Waals surface area contributed by atoms with Gasteiger partial charge in [-0.2, -0.15) is 0 Å². The average Bonchev–Trinajstić information content (AvgIpc) is 4.18. The molecule has 0 fully saturated rings. The number of benzene rings is 6. The molecule has 0 saturated heterocycles. The number of rotatable bonds is 5. The lowest BCUT2D eigenvalue weighted by Gasteiger charge is -2.33. The quantitative estimate of drug-likeness (QED) is 0.168. The fourth-order valence-corrected chi connectivity index (χ4v) is 10.1. The zero-order valence-corrected chi connectivity index (χ0v) is 40.5. The number of nitrogens with zero attached hydrogens (tertiary/aromatic N) is 6. The molecule has 3 aromatic heterocycles. The summed E-state index contributed by atoms with van der Waals surface area (Å²) in [4.78, 5) is 13.0. The van der Waals surface area contributed by atoms with E-state index in [1.165, 1.54) is 27.5 Å². The van der Waals surface area contributed by atoms with Gasteiger partial charge in [0.15, 0.2) is 16.7 Å². The van der Waals surface area contributed by atoms with Gasteiger partial charge < -0.3 is 42.7 Å². The maximum atomic E-state index is 8.34. The summed E-state index contributed by atoms with van der Waals surface area (Å²) in [5.74, 6) is 0. The molecule has 342 valence electrons. The number of hydrogen-bond acceptors (Lipinski definition) is 9. The average molecular weight is 893 g/mol. The summed E-state index contributed by atoms with van der Waals surface area (Å²) < 4.78 is 35.3. The second-order valence-electron chi connectivity index (χ2n) is 18.5. The van der Waals surface area contributed by atoms with E-state index in [9.17, 15) is 0 Å². The molecule has 3 aliphatic rings. The van der Waals surface area contributed by atoms with Crippen LogP contribution in [0, 0.1) is 20.8 Å². The van der Waals surface area contributed by atoms with E-state index >= 15 is 0 Å². The maximum Gasteiger partial charge on any atom is 0.159 e. The number of hydrogen-bond donors (Lipinski definition) is 0. The lowest BCUT2D eigenvalue weighted by Crippen LogP contribution is -2.39. The third-order valence-electron chi connectivity index (χ3n) is 13.8. The predicted octanol–water partition coefficient (Wildman–Crippen LogP) is 14.9. The molecule has 0 spiro atoms. The molecule has 0 bridgehead atoms. The van der Waals surface area contributed by atoms with Crippen molar-refractivity contribution in [2.75, 3.05) is 21.7 Å². The minimum absolute atomic E-state index is 0.0648. The van der Waals surface area contributed by atoms with Crippen LogP contribution in [0.2, 0.25) is 0 Å². The summed E-state index contributed by atoms with van der Waals surface area (Å²) in [7, 11) is 2.09. The van der Waals surface area contributed by atoms with Gasteiger partial charge >= 0.3 is 0 Å². The zero-order valence-electron chi connectivity index (χ0n) is 42.5. The molecule has 3 aliphatic heterocycles. The highest BCUT2D eigenvalue weighted by atomic mass is 16.3. The summed E-state index contributed by atoms with van der Waals surface area (Å²) in [5, 5.41) is 6.91. The van der Waals surface area contributed by atoms with Gasteiger partial charge in [0.25, 0.3) is 0 Å². The van der Waals surface area contributed by atoms with Gasteiger partial charge in [-0.1, -0.05) is 91.0 Å². The van der Waals surface area contributed by atoms with Crippen molar-refractivity contribution in [3.63, 3.8) is 0 Å². The van der Waals surface area contributed by atoms with E-state index < -0.39 is 12.0 Å². The Morgan fingerprint density at radius 2 is 0.716 bits per heavy atom. The summed E-state index contributed by atoms with van der Waals surface area (Å²) in [6.45, 7) is 20.4. The topological polar surface area (TPSA) is 58.9 Å². The highest BCUT2D eigenvalue weighted by Crippen LogP contribution is 2.43. The van der Waals surface area contributed by atoms with Crippen molar-refractivity contribution >= 4 is 82.9 Å². The van der Waals surface area contributed by atoms with Gasteiger partial charge in [-0.25, -0.2) is 0 Å². The third-order valence-corrected chi connectivity index (χ3v) is 13.8. The van der Waals surface area contributed by atoms with Crippen LogP contribution in [0.25, 0.3) is 65.8 Å². The summed E-state index contributed by atoms with van der Waals surface area (Å²) in [6, 6.07) is 36.1. The molecule has 3 atom stereocenters. The summed E-state index contributed by atoms with van der Waals surface area (Å²) in [6.07, 6.45) is 12.8. The Morgan fingerprint density at radius 1 is 0.403 bits per heavy atom. The second kappa shape index (κ2) is 17.2. The van der Waals surface area contributed by atoms with Crippen molar-refractivity contribution in [1.29, 1.82) is 0 Å². The highest BCUT2D eigenvalue weighted by molar-refractivity contribution is 6.11. The minimum Gasteiger partial charge on any atom is -0.454 e. The minimum atomic E-state index is -0.666. The van der Waals surface area contributed by atoms with E-state index in [0.717, 1.165) is 72.1 Å². The molecule has 3 unspecified atom stereocenters. The first kappa shape index (κ1) is 41.2. The largest absolute Gasteiger partial charge is 0.454 e. The zero-order chi connectivity index (χ0) is 48.7. The van der Waals surface area contributed by atoms with Gasteiger partial charge in [0, 0.05) is 88.6 Å². The number of anilines is 3. The summed E-state index contributed by atoms with van der Waals surface area (Å²) >= 11 is 0. The maximum absolute atomic E-state index is 8.34. The first-order chi connectivity index (χ1) is 32.9. The van der Waals surface area contributed by atoms with Crippen molar-refractivity contribution in [2.45, 2.75) is 99.8 Å².